The lowest BCUT2D eigenvalue weighted by Crippen LogP contribution is -2.05. The van der Waals surface area contributed by atoms with Gasteiger partial charge in [0.1, 0.15) is 6.61 Å². The molecule has 0 N–H and O–H groups in total. The second kappa shape index (κ2) is 10.2. The van der Waals surface area contributed by atoms with Crippen LogP contribution in [-0.2, 0) is 9.47 Å². The highest BCUT2D eigenvalue weighted by Gasteiger charge is 1.87. The number of terminal acetylenes is 1. The predicted molar refractivity (Wildman–Crippen MR) is 54.0 cm³/mol. The third-order valence-corrected chi connectivity index (χ3v) is 1.74. The van der Waals surface area contributed by atoms with Gasteiger partial charge in [0.15, 0.2) is 0 Å². The Bertz CT molecular complexity index is 109. The Kier molecular flexibility index (Phi) is 10.4. The number of rotatable bonds is 7. The first-order valence-corrected chi connectivity index (χ1v) is 5.09. The van der Waals surface area contributed by atoms with Crippen LogP contribution in [0.2, 0.25) is 0 Å². The van der Waals surface area contributed by atoms with E-state index in [1.165, 1.54) is 0 Å². The summed E-state index contributed by atoms with van der Waals surface area (Å²) in [6, 6.07) is 0. The second-order valence-corrected chi connectivity index (χ2v) is 2.99. The molecule has 0 aromatic carbocycles. The van der Waals surface area contributed by atoms with E-state index >= 15 is 0 Å². The van der Waals surface area contributed by atoms with Crippen molar-refractivity contribution in [3.63, 3.8) is 0 Å². The van der Waals surface area contributed by atoms with Gasteiger partial charge in [-0.2, -0.15) is 0 Å². The van der Waals surface area contributed by atoms with Crippen molar-refractivity contribution in [2.24, 2.45) is 0 Å². The lowest BCUT2D eigenvalue weighted by atomic mass is 10.5. The van der Waals surface area contributed by atoms with Crippen LogP contribution in [0.25, 0.3) is 0 Å². The molecule has 3 heteroatoms. The molecule has 0 unspecified atom stereocenters. The first kappa shape index (κ1) is 11.2. The Morgan fingerprint density at radius 3 is 2.55 bits per heavy atom. The van der Waals surface area contributed by atoms with E-state index in [1.54, 1.807) is 0 Å². The topological polar surface area (TPSA) is 18.5 Å². The number of hydrogen-bond acceptors (Lipinski definition) is 2. The summed E-state index contributed by atoms with van der Waals surface area (Å²) in [6.07, 6.45) is 6.08. The van der Waals surface area contributed by atoms with Gasteiger partial charge in [0, 0.05) is 11.0 Å². The van der Waals surface area contributed by atoms with Gasteiger partial charge in [-0.15, -0.1) is 6.42 Å². The van der Waals surface area contributed by atoms with Gasteiger partial charge in [-0.25, -0.2) is 0 Å². The largest absolute Gasteiger partial charge is 0.379 e. The van der Waals surface area contributed by atoms with Crippen LogP contribution in [0, 0.1) is 12.3 Å². The van der Waals surface area contributed by atoms with E-state index in [4.69, 9.17) is 15.9 Å². The highest BCUT2D eigenvalue weighted by molar-refractivity contribution is 14.1. The van der Waals surface area contributed by atoms with Gasteiger partial charge >= 0.3 is 0 Å². The number of ether oxygens (including phenoxy) is 2. The standard InChI is InChI=1S/C8H13IO2/c1-2-5-10-7-8-11-6-3-4-9/h1H,3-8H2. The smallest absolute Gasteiger partial charge is 0.107 e. The summed E-state index contributed by atoms with van der Waals surface area (Å²) >= 11 is 2.32. The molecular formula is C8H13IO2. The molecule has 0 spiro atoms. The molecule has 0 amide bonds. The summed E-state index contributed by atoms with van der Waals surface area (Å²) in [7, 11) is 0. The van der Waals surface area contributed by atoms with Crippen LogP contribution in [0.5, 0.6) is 0 Å². The molecule has 0 fully saturated rings. The van der Waals surface area contributed by atoms with E-state index < -0.39 is 0 Å². The third kappa shape index (κ3) is 10.2. The Labute approximate surface area is 81.8 Å². The van der Waals surface area contributed by atoms with Crippen LogP contribution in [0.3, 0.4) is 0 Å². The first-order valence-electron chi connectivity index (χ1n) is 3.56. The first-order chi connectivity index (χ1) is 5.41. The normalized spacial score (nSPS) is 9.45. The minimum atomic E-state index is 0.385. The van der Waals surface area contributed by atoms with Crippen molar-refractivity contribution in [2.45, 2.75) is 6.42 Å². The monoisotopic (exact) mass is 268 g/mol. The Hall–Kier alpha value is 0.210. The van der Waals surface area contributed by atoms with Crippen LogP contribution in [0.1, 0.15) is 6.42 Å². The van der Waals surface area contributed by atoms with E-state index in [0.717, 1.165) is 17.5 Å². The van der Waals surface area contributed by atoms with E-state index in [0.29, 0.717) is 19.8 Å². The molecule has 0 aliphatic rings. The molecule has 0 aromatic heterocycles. The fraction of sp³-hybridized carbons (Fsp3) is 0.750. The van der Waals surface area contributed by atoms with Gasteiger partial charge in [0.25, 0.3) is 0 Å². The molecule has 64 valence electrons. The predicted octanol–water partition coefficient (Wildman–Crippen LogP) is 1.48. The summed E-state index contributed by atoms with van der Waals surface area (Å²) < 4.78 is 11.4. The minimum absolute atomic E-state index is 0.385. The van der Waals surface area contributed by atoms with E-state index in [-0.39, 0.29) is 0 Å². The highest BCUT2D eigenvalue weighted by Crippen LogP contribution is 1.88. The fourth-order valence-electron chi connectivity index (χ4n) is 0.508. The Balaban J connectivity index is 2.75. The van der Waals surface area contributed by atoms with Crippen molar-refractivity contribution in [1.29, 1.82) is 0 Å². The molecular weight excluding hydrogens is 255 g/mol. The number of hydrogen-bond donors (Lipinski definition) is 0. The SMILES string of the molecule is C#CCOCCOCCCI. The average Bonchev–Trinajstić information content (AvgIpc) is 2.03. The molecule has 0 saturated carbocycles. The molecule has 0 aliphatic heterocycles. The van der Waals surface area contributed by atoms with Gasteiger partial charge < -0.3 is 9.47 Å². The zero-order chi connectivity index (χ0) is 8.36. The minimum Gasteiger partial charge on any atom is -0.379 e. The molecule has 0 radical (unpaired) electrons. The van der Waals surface area contributed by atoms with Gasteiger partial charge in [-0.1, -0.05) is 28.5 Å². The third-order valence-electron chi connectivity index (χ3n) is 0.980. The quantitative estimate of drug-likeness (QED) is 0.301. The van der Waals surface area contributed by atoms with Crippen molar-refractivity contribution >= 4 is 22.6 Å². The molecule has 0 heterocycles. The van der Waals surface area contributed by atoms with Crippen LogP contribution >= 0.6 is 22.6 Å². The summed E-state index contributed by atoms with van der Waals surface area (Å²) in [5, 5.41) is 0. The molecule has 0 rings (SSSR count). The van der Waals surface area contributed by atoms with Gasteiger partial charge in [-0.3, -0.25) is 0 Å². The van der Waals surface area contributed by atoms with Gasteiger partial charge in [0.2, 0.25) is 0 Å². The lowest BCUT2D eigenvalue weighted by molar-refractivity contribution is 0.0609. The molecule has 0 aliphatic carbocycles. The fourth-order valence-corrected chi connectivity index (χ4v) is 0.819. The second-order valence-electron chi connectivity index (χ2n) is 1.91. The van der Waals surface area contributed by atoms with Crippen LogP contribution in [-0.4, -0.2) is 30.9 Å². The molecule has 2 nitrogen and oxygen atoms in total. The maximum atomic E-state index is 5.22. The van der Waals surface area contributed by atoms with E-state index in [9.17, 15) is 0 Å². The van der Waals surface area contributed by atoms with Crippen LogP contribution < -0.4 is 0 Å². The molecule has 0 atom stereocenters. The van der Waals surface area contributed by atoms with Crippen molar-refractivity contribution in [2.75, 3.05) is 30.9 Å². The highest BCUT2D eigenvalue weighted by atomic mass is 127. The summed E-state index contributed by atoms with van der Waals surface area (Å²) in [6.45, 7) is 2.46. The maximum Gasteiger partial charge on any atom is 0.107 e. The summed E-state index contributed by atoms with van der Waals surface area (Å²) in [5.74, 6) is 2.39. The average molecular weight is 268 g/mol. The van der Waals surface area contributed by atoms with Gasteiger partial charge in [-0.05, 0) is 6.42 Å². The summed E-state index contributed by atoms with van der Waals surface area (Å²) in [5.41, 5.74) is 0. The van der Waals surface area contributed by atoms with Crippen molar-refractivity contribution in [3.05, 3.63) is 0 Å². The number of alkyl halides is 1. The van der Waals surface area contributed by atoms with Crippen LogP contribution in [0.4, 0.5) is 0 Å². The lowest BCUT2D eigenvalue weighted by Gasteiger charge is -2.01. The van der Waals surface area contributed by atoms with Crippen LogP contribution in [0.15, 0.2) is 0 Å². The van der Waals surface area contributed by atoms with Crippen molar-refractivity contribution in [1.82, 2.24) is 0 Å². The Morgan fingerprint density at radius 1 is 1.18 bits per heavy atom. The van der Waals surface area contributed by atoms with E-state index in [1.807, 2.05) is 0 Å². The van der Waals surface area contributed by atoms with E-state index in [2.05, 4.69) is 28.5 Å². The summed E-state index contributed by atoms with van der Waals surface area (Å²) in [4.78, 5) is 0. The Morgan fingerprint density at radius 2 is 1.91 bits per heavy atom. The van der Waals surface area contributed by atoms with Crippen molar-refractivity contribution in [3.8, 4) is 12.3 Å². The maximum absolute atomic E-state index is 5.22. The van der Waals surface area contributed by atoms with Crippen molar-refractivity contribution < 1.29 is 9.47 Å². The number of halogens is 1. The zero-order valence-corrected chi connectivity index (χ0v) is 8.67. The molecule has 0 aromatic rings. The molecule has 0 saturated heterocycles. The molecule has 11 heavy (non-hydrogen) atoms. The molecule has 0 bridgehead atoms. The zero-order valence-electron chi connectivity index (χ0n) is 6.51. The van der Waals surface area contributed by atoms with Gasteiger partial charge in [0.05, 0.1) is 13.2 Å².